The van der Waals surface area contributed by atoms with E-state index in [4.69, 9.17) is 28.5 Å². The van der Waals surface area contributed by atoms with Crippen molar-refractivity contribution < 1.29 is 4.79 Å². The first kappa shape index (κ1) is 12.7. The number of nitrogens with zero attached hydrogens (tertiary/aromatic N) is 1. The number of H-pyrrole nitrogens is 1. The third-order valence-corrected chi connectivity index (χ3v) is 3.35. The van der Waals surface area contributed by atoms with E-state index in [1.165, 1.54) is 6.92 Å². The lowest BCUT2D eigenvalue weighted by molar-refractivity contribution is 0.101. The molecule has 1 aromatic carbocycles. The number of nitriles is 1. The van der Waals surface area contributed by atoms with Gasteiger partial charge >= 0.3 is 0 Å². The van der Waals surface area contributed by atoms with E-state index in [0.29, 0.717) is 16.8 Å². The highest BCUT2D eigenvalue weighted by Crippen LogP contribution is 2.33. The van der Waals surface area contributed by atoms with Gasteiger partial charge in [-0.1, -0.05) is 47.5 Å². The second kappa shape index (κ2) is 4.85. The maximum absolute atomic E-state index is 11.2. The molecule has 3 nitrogen and oxygen atoms in total. The fourth-order valence-electron chi connectivity index (χ4n) is 1.64. The first-order valence-corrected chi connectivity index (χ1v) is 5.88. The lowest BCUT2D eigenvalue weighted by Crippen LogP contribution is -1.91. The van der Waals surface area contributed by atoms with Crippen molar-refractivity contribution in [1.82, 2.24) is 4.98 Å². The molecule has 1 heterocycles. The maximum Gasteiger partial charge on any atom is 0.159 e. The number of benzene rings is 1. The van der Waals surface area contributed by atoms with Crippen LogP contribution in [-0.4, -0.2) is 10.8 Å². The largest absolute Gasteiger partial charge is 0.343 e. The summed E-state index contributed by atoms with van der Waals surface area (Å²) >= 11 is 11.8. The SMILES string of the molecule is CC(=O)c1ccc(-c2[nH]c(Cl)c(Cl)c2C#N)cc1. The number of Topliss-reactive ketones (excluding diaryl/α,β-unsaturated/α-hetero) is 1. The minimum atomic E-state index is -0.00962. The zero-order chi connectivity index (χ0) is 13.3. The molecular formula is C13H8Cl2N2O. The molecule has 1 aromatic heterocycles. The second-order valence-electron chi connectivity index (χ2n) is 3.75. The van der Waals surface area contributed by atoms with Gasteiger partial charge in [0.1, 0.15) is 11.2 Å². The Kier molecular flexibility index (Phi) is 3.42. The quantitative estimate of drug-likeness (QED) is 0.842. The maximum atomic E-state index is 11.2. The van der Waals surface area contributed by atoms with Crippen LogP contribution in [0.5, 0.6) is 0 Å². The summed E-state index contributed by atoms with van der Waals surface area (Å²) in [7, 11) is 0. The summed E-state index contributed by atoms with van der Waals surface area (Å²) in [5.74, 6) is -0.00962. The summed E-state index contributed by atoms with van der Waals surface area (Å²) in [6, 6.07) is 8.89. The van der Waals surface area contributed by atoms with Crippen LogP contribution < -0.4 is 0 Å². The molecule has 2 rings (SSSR count). The summed E-state index contributed by atoms with van der Waals surface area (Å²) in [6.45, 7) is 1.50. The van der Waals surface area contributed by atoms with Crippen molar-refractivity contribution >= 4 is 29.0 Å². The van der Waals surface area contributed by atoms with E-state index in [-0.39, 0.29) is 16.0 Å². The molecule has 0 radical (unpaired) electrons. The summed E-state index contributed by atoms with van der Waals surface area (Å²) in [6.07, 6.45) is 0. The Morgan fingerprint density at radius 2 is 1.89 bits per heavy atom. The number of hydrogen-bond donors (Lipinski definition) is 1. The van der Waals surface area contributed by atoms with E-state index >= 15 is 0 Å². The van der Waals surface area contributed by atoms with Crippen molar-refractivity contribution in [1.29, 1.82) is 5.26 Å². The molecule has 0 saturated carbocycles. The zero-order valence-electron chi connectivity index (χ0n) is 9.42. The van der Waals surface area contributed by atoms with E-state index in [1.807, 2.05) is 6.07 Å². The second-order valence-corrected chi connectivity index (χ2v) is 4.50. The monoisotopic (exact) mass is 278 g/mol. The average Bonchev–Trinajstić information content (AvgIpc) is 2.65. The highest BCUT2D eigenvalue weighted by molar-refractivity contribution is 6.42. The molecule has 0 unspecified atom stereocenters. The van der Waals surface area contributed by atoms with Crippen molar-refractivity contribution in [2.75, 3.05) is 0 Å². The third kappa shape index (κ3) is 2.13. The van der Waals surface area contributed by atoms with Crippen LogP contribution in [0.15, 0.2) is 24.3 Å². The van der Waals surface area contributed by atoms with Gasteiger partial charge in [0.15, 0.2) is 5.78 Å². The molecule has 0 spiro atoms. The standard InChI is InChI=1S/C13H8Cl2N2O/c1-7(18)8-2-4-9(5-3-8)12-10(6-16)11(14)13(15)17-12/h2-5,17H,1H3. The van der Waals surface area contributed by atoms with E-state index in [0.717, 1.165) is 5.56 Å². The van der Waals surface area contributed by atoms with Gasteiger partial charge in [-0.05, 0) is 12.5 Å². The molecule has 0 aliphatic carbocycles. The molecule has 0 aliphatic rings. The lowest BCUT2D eigenvalue weighted by Gasteiger charge is -2.00. The van der Waals surface area contributed by atoms with E-state index < -0.39 is 0 Å². The summed E-state index contributed by atoms with van der Waals surface area (Å²) in [5, 5.41) is 9.50. The van der Waals surface area contributed by atoms with Crippen molar-refractivity contribution in [2.24, 2.45) is 0 Å². The Labute approximate surface area is 114 Å². The van der Waals surface area contributed by atoms with Crippen molar-refractivity contribution in [3.8, 4) is 17.3 Å². The molecule has 0 amide bonds. The zero-order valence-corrected chi connectivity index (χ0v) is 10.9. The van der Waals surface area contributed by atoms with E-state index in [2.05, 4.69) is 4.98 Å². The fraction of sp³-hybridized carbons (Fsp3) is 0.0769. The van der Waals surface area contributed by atoms with Crippen LogP contribution in [-0.2, 0) is 0 Å². The molecule has 2 aromatic rings. The van der Waals surface area contributed by atoms with Gasteiger partial charge in [-0.3, -0.25) is 4.79 Å². The Hall–Kier alpha value is -1.76. The lowest BCUT2D eigenvalue weighted by atomic mass is 10.1. The molecule has 0 bridgehead atoms. The van der Waals surface area contributed by atoms with Crippen LogP contribution in [0, 0.1) is 11.3 Å². The molecule has 0 aliphatic heterocycles. The van der Waals surface area contributed by atoms with Gasteiger partial charge in [0.2, 0.25) is 0 Å². The number of ketones is 1. The Morgan fingerprint density at radius 3 is 2.39 bits per heavy atom. The number of rotatable bonds is 2. The number of aromatic nitrogens is 1. The average molecular weight is 279 g/mol. The first-order valence-electron chi connectivity index (χ1n) is 5.13. The number of nitrogens with one attached hydrogen (secondary N) is 1. The number of hydrogen-bond acceptors (Lipinski definition) is 2. The Bertz CT molecular complexity index is 651. The van der Waals surface area contributed by atoms with Crippen LogP contribution in [0.1, 0.15) is 22.8 Å². The van der Waals surface area contributed by atoms with Gasteiger partial charge in [0.25, 0.3) is 0 Å². The minimum Gasteiger partial charge on any atom is -0.343 e. The molecule has 0 saturated heterocycles. The number of carbonyl (C=O) groups is 1. The summed E-state index contributed by atoms with van der Waals surface area (Å²) in [4.78, 5) is 14.0. The van der Waals surface area contributed by atoms with Crippen LogP contribution >= 0.6 is 23.2 Å². The molecule has 5 heteroatoms. The van der Waals surface area contributed by atoms with Crippen molar-refractivity contribution in [3.63, 3.8) is 0 Å². The summed E-state index contributed by atoms with van der Waals surface area (Å²) in [5.41, 5.74) is 2.23. The highest BCUT2D eigenvalue weighted by Gasteiger charge is 2.15. The molecule has 0 atom stereocenters. The van der Waals surface area contributed by atoms with Crippen LogP contribution in [0.4, 0.5) is 0 Å². The van der Waals surface area contributed by atoms with Gasteiger partial charge in [0, 0.05) is 5.56 Å². The predicted octanol–water partition coefficient (Wildman–Crippen LogP) is 4.06. The number of aromatic amines is 1. The fourth-order valence-corrected chi connectivity index (χ4v) is 2.01. The molecule has 90 valence electrons. The van der Waals surface area contributed by atoms with E-state index in [1.54, 1.807) is 24.3 Å². The van der Waals surface area contributed by atoms with Gasteiger partial charge < -0.3 is 4.98 Å². The number of carbonyl (C=O) groups excluding carboxylic acids is 1. The Balaban J connectivity index is 2.53. The van der Waals surface area contributed by atoms with Crippen LogP contribution in [0.3, 0.4) is 0 Å². The molecule has 18 heavy (non-hydrogen) atoms. The van der Waals surface area contributed by atoms with E-state index in [9.17, 15) is 4.79 Å². The third-order valence-electron chi connectivity index (χ3n) is 2.59. The van der Waals surface area contributed by atoms with Crippen molar-refractivity contribution in [2.45, 2.75) is 6.92 Å². The molecule has 1 N–H and O–H groups in total. The first-order chi connectivity index (χ1) is 8.54. The summed E-state index contributed by atoms with van der Waals surface area (Å²) < 4.78 is 0. The normalized spacial score (nSPS) is 10.1. The van der Waals surface area contributed by atoms with Gasteiger partial charge in [-0.2, -0.15) is 5.26 Å². The smallest absolute Gasteiger partial charge is 0.159 e. The Morgan fingerprint density at radius 1 is 1.28 bits per heavy atom. The van der Waals surface area contributed by atoms with Gasteiger partial charge in [-0.25, -0.2) is 0 Å². The van der Waals surface area contributed by atoms with Gasteiger partial charge in [0.05, 0.1) is 16.3 Å². The van der Waals surface area contributed by atoms with Crippen LogP contribution in [0.2, 0.25) is 10.2 Å². The molecule has 0 fully saturated rings. The number of halogens is 2. The topological polar surface area (TPSA) is 56.6 Å². The predicted molar refractivity (Wildman–Crippen MR) is 71.0 cm³/mol. The highest BCUT2D eigenvalue weighted by atomic mass is 35.5. The molecular weight excluding hydrogens is 271 g/mol. The van der Waals surface area contributed by atoms with Crippen LogP contribution in [0.25, 0.3) is 11.3 Å². The van der Waals surface area contributed by atoms with Gasteiger partial charge in [-0.15, -0.1) is 0 Å². The van der Waals surface area contributed by atoms with Crippen molar-refractivity contribution in [3.05, 3.63) is 45.6 Å². The minimum absolute atomic E-state index is 0.00962.